The van der Waals surface area contributed by atoms with Gasteiger partial charge >= 0.3 is 18.0 Å². The van der Waals surface area contributed by atoms with E-state index in [1.165, 1.54) is 29.2 Å². The van der Waals surface area contributed by atoms with E-state index in [2.05, 4.69) is 0 Å². The molecule has 0 saturated carbocycles. The quantitative estimate of drug-likeness (QED) is 0.230. The second-order valence-corrected chi connectivity index (χ2v) is 9.14. The SMILES string of the molecule is CC(C)(C)N(CC(=O)OCc1ccccc1)C(=O)OCOC(=O)c1ccc(C(=O)c2ccccc2)cc1. The van der Waals surface area contributed by atoms with Gasteiger partial charge in [0.25, 0.3) is 0 Å². The summed E-state index contributed by atoms with van der Waals surface area (Å²) in [5.74, 6) is -1.49. The van der Waals surface area contributed by atoms with Crippen LogP contribution in [0.15, 0.2) is 84.9 Å². The molecular weight excluding hydrogens is 474 g/mol. The molecule has 0 heterocycles. The Labute approximate surface area is 215 Å². The van der Waals surface area contributed by atoms with Gasteiger partial charge in [-0.2, -0.15) is 0 Å². The maximum absolute atomic E-state index is 12.6. The third kappa shape index (κ3) is 8.03. The van der Waals surface area contributed by atoms with E-state index in [0.29, 0.717) is 11.1 Å². The Hall–Kier alpha value is -4.46. The van der Waals surface area contributed by atoms with Crippen molar-refractivity contribution in [3.63, 3.8) is 0 Å². The molecule has 0 fully saturated rings. The maximum atomic E-state index is 12.6. The Bertz CT molecular complexity index is 1220. The van der Waals surface area contributed by atoms with Crippen molar-refractivity contribution in [3.05, 3.63) is 107 Å². The number of hydrogen-bond donors (Lipinski definition) is 0. The van der Waals surface area contributed by atoms with Crippen LogP contribution in [0.5, 0.6) is 0 Å². The standard InChI is InChI=1S/C29H29NO7/c1-29(2,3)30(18-25(31)35-19-21-10-6-4-7-11-21)28(34)37-20-36-27(33)24-16-14-23(15-17-24)26(32)22-12-8-5-9-13-22/h4-17H,18-20H2,1-3H3. The molecule has 3 rings (SSSR count). The average molecular weight is 504 g/mol. The van der Waals surface area contributed by atoms with E-state index < -0.39 is 30.4 Å². The van der Waals surface area contributed by atoms with Crippen LogP contribution in [0, 0.1) is 0 Å². The highest BCUT2D eigenvalue weighted by molar-refractivity contribution is 6.09. The van der Waals surface area contributed by atoms with Crippen molar-refractivity contribution >= 4 is 23.8 Å². The summed E-state index contributed by atoms with van der Waals surface area (Å²) in [5, 5.41) is 0. The lowest BCUT2D eigenvalue weighted by Gasteiger charge is -2.33. The van der Waals surface area contributed by atoms with Crippen molar-refractivity contribution in [2.24, 2.45) is 0 Å². The van der Waals surface area contributed by atoms with E-state index in [-0.39, 0.29) is 24.5 Å². The Morgan fingerprint density at radius 3 is 1.81 bits per heavy atom. The molecule has 0 aliphatic heterocycles. The highest BCUT2D eigenvalue weighted by Crippen LogP contribution is 2.16. The van der Waals surface area contributed by atoms with Crippen LogP contribution < -0.4 is 0 Å². The van der Waals surface area contributed by atoms with Crippen LogP contribution >= 0.6 is 0 Å². The monoisotopic (exact) mass is 503 g/mol. The minimum absolute atomic E-state index is 0.0834. The molecule has 0 radical (unpaired) electrons. The summed E-state index contributed by atoms with van der Waals surface area (Å²) in [4.78, 5) is 51.0. The van der Waals surface area contributed by atoms with E-state index in [4.69, 9.17) is 14.2 Å². The highest BCUT2D eigenvalue weighted by atomic mass is 16.7. The fraction of sp³-hybridized carbons (Fsp3) is 0.241. The minimum Gasteiger partial charge on any atom is -0.459 e. The van der Waals surface area contributed by atoms with Crippen molar-refractivity contribution in [3.8, 4) is 0 Å². The van der Waals surface area contributed by atoms with Crippen molar-refractivity contribution in [1.82, 2.24) is 4.90 Å². The molecule has 0 bridgehead atoms. The average Bonchev–Trinajstić information content (AvgIpc) is 2.90. The number of rotatable bonds is 9. The molecule has 3 aromatic rings. The van der Waals surface area contributed by atoms with Gasteiger partial charge in [-0.15, -0.1) is 0 Å². The summed E-state index contributed by atoms with van der Waals surface area (Å²) in [7, 11) is 0. The first-order chi connectivity index (χ1) is 17.6. The predicted octanol–water partition coefficient (Wildman–Crippen LogP) is 5.01. The molecule has 8 nitrogen and oxygen atoms in total. The zero-order valence-electron chi connectivity index (χ0n) is 21.0. The van der Waals surface area contributed by atoms with Crippen molar-refractivity contribution in [2.75, 3.05) is 13.3 Å². The second-order valence-electron chi connectivity index (χ2n) is 9.14. The van der Waals surface area contributed by atoms with E-state index in [1.807, 2.05) is 36.4 Å². The lowest BCUT2D eigenvalue weighted by atomic mass is 10.0. The van der Waals surface area contributed by atoms with Crippen LogP contribution in [0.2, 0.25) is 0 Å². The lowest BCUT2D eigenvalue weighted by Crippen LogP contribution is -2.49. The number of amides is 1. The first kappa shape index (κ1) is 27.1. The van der Waals surface area contributed by atoms with E-state index in [1.54, 1.807) is 45.0 Å². The number of ketones is 1. The zero-order valence-corrected chi connectivity index (χ0v) is 21.0. The molecule has 0 unspecified atom stereocenters. The molecule has 0 atom stereocenters. The minimum atomic E-state index is -0.833. The Kier molecular flexibility index (Phi) is 9.16. The van der Waals surface area contributed by atoms with Crippen LogP contribution in [0.25, 0.3) is 0 Å². The van der Waals surface area contributed by atoms with Crippen molar-refractivity contribution in [1.29, 1.82) is 0 Å². The number of esters is 2. The second kappa shape index (κ2) is 12.5. The zero-order chi connectivity index (χ0) is 26.8. The van der Waals surface area contributed by atoms with Gasteiger partial charge in [0.05, 0.1) is 5.56 Å². The molecule has 0 aliphatic carbocycles. The third-order valence-electron chi connectivity index (χ3n) is 5.35. The molecule has 0 aromatic heterocycles. The maximum Gasteiger partial charge on any atom is 0.413 e. The summed E-state index contributed by atoms with van der Waals surface area (Å²) < 4.78 is 15.4. The summed E-state index contributed by atoms with van der Waals surface area (Å²) in [6, 6.07) is 23.9. The van der Waals surface area contributed by atoms with Gasteiger partial charge in [0.1, 0.15) is 13.2 Å². The van der Waals surface area contributed by atoms with Crippen LogP contribution in [0.3, 0.4) is 0 Å². The van der Waals surface area contributed by atoms with Gasteiger partial charge in [0.2, 0.25) is 6.79 Å². The number of ether oxygens (including phenoxy) is 3. The Morgan fingerprint density at radius 1 is 0.676 bits per heavy atom. The molecule has 192 valence electrons. The highest BCUT2D eigenvalue weighted by Gasteiger charge is 2.30. The summed E-state index contributed by atoms with van der Waals surface area (Å²) in [6.45, 7) is 4.32. The van der Waals surface area contributed by atoms with E-state index in [9.17, 15) is 19.2 Å². The fourth-order valence-corrected chi connectivity index (χ4v) is 3.30. The van der Waals surface area contributed by atoms with E-state index in [0.717, 1.165) is 5.56 Å². The number of hydrogen-bond acceptors (Lipinski definition) is 7. The summed E-state index contributed by atoms with van der Waals surface area (Å²) in [5.41, 5.74) is 1.22. The molecule has 8 heteroatoms. The lowest BCUT2D eigenvalue weighted by molar-refractivity contribution is -0.147. The number of benzene rings is 3. The molecule has 0 aliphatic rings. The largest absolute Gasteiger partial charge is 0.459 e. The van der Waals surface area contributed by atoms with Gasteiger partial charge in [-0.05, 0) is 38.5 Å². The van der Waals surface area contributed by atoms with Gasteiger partial charge < -0.3 is 14.2 Å². The van der Waals surface area contributed by atoms with Gasteiger partial charge in [0, 0.05) is 16.7 Å². The Morgan fingerprint density at radius 2 is 1.22 bits per heavy atom. The first-order valence-electron chi connectivity index (χ1n) is 11.7. The van der Waals surface area contributed by atoms with Crippen molar-refractivity contribution in [2.45, 2.75) is 32.9 Å². The number of carbonyl (C=O) groups excluding carboxylic acids is 4. The predicted molar refractivity (Wildman–Crippen MR) is 136 cm³/mol. The van der Waals surface area contributed by atoms with E-state index >= 15 is 0 Å². The van der Waals surface area contributed by atoms with Gasteiger partial charge in [-0.3, -0.25) is 14.5 Å². The van der Waals surface area contributed by atoms with Gasteiger partial charge in [-0.1, -0.05) is 72.8 Å². The fourth-order valence-electron chi connectivity index (χ4n) is 3.30. The van der Waals surface area contributed by atoms with Crippen LogP contribution in [0.1, 0.15) is 52.6 Å². The van der Waals surface area contributed by atoms with Gasteiger partial charge in [-0.25, -0.2) is 9.59 Å². The first-order valence-corrected chi connectivity index (χ1v) is 11.7. The molecular formula is C29H29NO7. The molecule has 3 aromatic carbocycles. The van der Waals surface area contributed by atoms with Crippen LogP contribution in [0.4, 0.5) is 4.79 Å². The molecule has 0 saturated heterocycles. The summed E-state index contributed by atoms with van der Waals surface area (Å²) >= 11 is 0. The topological polar surface area (TPSA) is 99.2 Å². The molecule has 0 spiro atoms. The molecule has 37 heavy (non-hydrogen) atoms. The van der Waals surface area contributed by atoms with Crippen LogP contribution in [-0.2, 0) is 25.6 Å². The third-order valence-corrected chi connectivity index (χ3v) is 5.35. The number of carbonyl (C=O) groups is 4. The van der Waals surface area contributed by atoms with Gasteiger partial charge in [0.15, 0.2) is 5.78 Å². The number of nitrogens with zero attached hydrogens (tertiary/aromatic N) is 1. The summed E-state index contributed by atoms with van der Waals surface area (Å²) in [6.07, 6.45) is -0.833. The smallest absolute Gasteiger partial charge is 0.413 e. The Balaban J connectivity index is 1.50. The normalized spacial score (nSPS) is 10.8. The molecule has 1 amide bonds. The molecule has 0 N–H and O–H groups in total. The van der Waals surface area contributed by atoms with Crippen molar-refractivity contribution < 1.29 is 33.4 Å². The van der Waals surface area contributed by atoms with Crippen LogP contribution in [-0.4, -0.2) is 47.6 Å².